The number of nitrogens with zero attached hydrogens (tertiary/aromatic N) is 2. The molecule has 0 unspecified atom stereocenters. The van der Waals surface area contributed by atoms with E-state index >= 15 is 0 Å². The number of rotatable bonds is 6. The summed E-state index contributed by atoms with van der Waals surface area (Å²) in [7, 11) is -3.79. The molecule has 12 heteroatoms. The van der Waals surface area contributed by atoms with Gasteiger partial charge in [0.2, 0.25) is 10.0 Å². The lowest BCUT2D eigenvalue weighted by molar-refractivity contribution is -0.149. The van der Waals surface area contributed by atoms with E-state index in [1.165, 1.54) is 13.8 Å². The number of alkyl halides is 1. The Bertz CT molecular complexity index is 1070. The van der Waals surface area contributed by atoms with Crippen LogP contribution in [-0.2, 0) is 21.2 Å². The zero-order valence-corrected chi connectivity index (χ0v) is 18.6. The molecule has 2 heterocycles. The van der Waals surface area contributed by atoms with E-state index in [0.29, 0.717) is 10.7 Å². The van der Waals surface area contributed by atoms with Crippen LogP contribution in [0.15, 0.2) is 23.6 Å². The van der Waals surface area contributed by atoms with E-state index in [1.54, 1.807) is 5.38 Å². The minimum absolute atomic E-state index is 0.0241. The molecule has 0 saturated carbocycles. The summed E-state index contributed by atoms with van der Waals surface area (Å²) >= 11 is 1.10. The van der Waals surface area contributed by atoms with Gasteiger partial charge in [-0.25, -0.2) is 31.3 Å². The van der Waals surface area contributed by atoms with Gasteiger partial charge in [0.15, 0.2) is 0 Å². The van der Waals surface area contributed by atoms with Crippen LogP contribution >= 0.6 is 11.3 Å². The highest BCUT2D eigenvalue weighted by Crippen LogP contribution is 2.30. The molecule has 3 atom stereocenters. The van der Waals surface area contributed by atoms with Crippen LogP contribution in [0.3, 0.4) is 0 Å². The average molecular weight is 478 g/mol. The van der Waals surface area contributed by atoms with Gasteiger partial charge in [0.1, 0.15) is 28.4 Å². The Labute approximate surface area is 182 Å². The quantitative estimate of drug-likeness (QED) is 0.662. The maximum atomic E-state index is 14.7. The molecule has 0 bridgehead atoms. The van der Waals surface area contributed by atoms with Crippen LogP contribution in [-0.4, -0.2) is 66.0 Å². The molecule has 1 saturated heterocycles. The fourth-order valence-electron chi connectivity index (χ4n) is 3.52. The summed E-state index contributed by atoms with van der Waals surface area (Å²) in [5.41, 5.74) is -1.18. The van der Waals surface area contributed by atoms with E-state index in [1.807, 2.05) is 0 Å². The van der Waals surface area contributed by atoms with Gasteiger partial charge in [0, 0.05) is 23.4 Å². The Morgan fingerprint density at radius 3 is 2.48 bits per heavy atom. The molecule has 3 rings (SSSR count). The molecular weight excluding hydrogens is 455 g/mol. The number of halogens is 3. The highest BCUT2D eigenvalue weighted by atomic mass is 32.2. The number of hydrogen-bond acceptors (Lipinski definition) is 6. The number of aromatic nitrogens is 1. The Morgan fingerprint density at radius 1 is 1.32 bits per heavy atom. The third-order valence-corrected chi connectivity index (χ3v) is 6.43. The van der Waals surface area contributed by atoms with Gasteiger partial charge in [0.05, 0.1) is 30.6 Å². The molecule has 1 fully saturated rings. The molecule has 2 N–H and O–H groups in total. The summed E-state index contributed by atoms with van der Waals surface area (Å²) in [4.78, 5) is 18.1. The Balaban J connectivity index is 1.92. The summed E-state index contributed by atoms with van der Waals surface area (Å²) in [5.74, 6) is -2.27. The van der Waals surface area contributed by atoms with E-state index in [-0.39, 0.29) is 12.0 Å². The number of thiazole rings is 1. The second-order valence-corrected chi connectivity index (χ2v) is 10.7. The zero-order chi connectivity index (χ0) is 23.1. The van der Waals surface area contributed by atoms with Crippen molar-refractivity contribution in [2.45, 2.75) is 44.1 Å². The lowest BCUT2D eigenvalue weighted by atomic mass is 10.0. The summed E-state index contributed by atoms with van der Waals surface area (Å²) in [6.07, 6.45) is -0.832. The SMILES string of the molecule is CC(C)(O)C(=O)N1C[C@H](F)[C@H](NS(C)(=O)=O)[C@@H]1Cc1csc(-c2cc(F)cc(F)c2)n1. The van der Waals surface area contributed by atoms with Gasteiger partial charge in [-0.2, -0.15) is 0 Å². The van der Waals surface area contributed by atoms with Crippen molar-refractivity contribution in [3.05, 3.63) is 40.9 Å². The van der Waals surface area contributed by atoms with Gasteiger partial charge < -0.3 is 10.0 Å². The van der Waals surface area contributed by atoms with E-state index in [9.17, 15) is 31.5 Å². The van der Waals surface area contributed by atoms with E-state index in [4.69, 9.17) is 0 Å². The first-order chi connectivity index (χ1) is 14.2. The second-order valence-electron chi connectivity index (χ2n) is 8.02. The molecule has 0 spiro atoms. The third-order valence-electron chi connectivity index (χ3n) is 4.79. The summed E-state index contributed by atoms with van der Waals surface area (Å²) in [5, 5.41) is 12.0. The van der Waals surface area contributed by atoms with Gasteiger partial charge in [0.25, 0.3) is 5.91 Å². The van der Waals surface area contributed by atoms with E-state index in [0.717, 1.165) is 40.7 Å². The molecule has 0 radical (unpaired) electrons. The number of nitrogens with one attached hydrogen (secondary N) is 1. The number of aliphatic hydroxyl groups is 1. The number of carbonyl (C=O) groups is 1. The van der Waals surface area contributed by atoms with Crippen molar-refractivity contribution in [2.24, 2.45) is 0 Å². The predicted octanol–water partition coefficient (Wildman–Crippen LogP) is 1.87. The third kappa shape index (κ3) is 5.62. The second kappa shape index (κ2) is 8.49. The standard InChI is InChI=1S/C19H22F3N3O4S2/c1-19(2,27)18(26)25-8-14(22)16(24-31(3,28)29)15(25)7-13-9-30-17(23-13)10-4-11(20)6-12(21)5-10/h4-6,9,14-16,24,27H,7-8H2,1-3H3/t14-,15-,16-/m0/s1. The van der Waals surface area contributed by atoms with Crippen LogP contribution in [0.4, 0.5) is 13.2 Å². The highest BCUT2D eigenvalue weighted by Gasteiger charge is 2.48. The molecule has 7 nitrogen and oxygen atoms in total. The van der Waals surface area contributed by atoms with Crippen LogP contribution in [0.2, 0.25) is 0 Å². The first kappa shape index (κ1) is 23.6. The molecule has 1 aromatic heterocycles. The smallest absolute Gasteiger partial charge is 0.254 e. The number of carbonyl (C=O) groups excluding carboxylic acids is 1. The van der Waals surface area contributed by atoms with Gasteiger partial charge in [-0.3, -0.25) is 4.79 Å². The van der Waals surface area contributed by atoms with Crippen molar-refractivity contribution in [3.63, 3.8) is 0 Å². The number of amides is 1. The van der Waals surface area contributed by atoms with Crippen LogP contribution in [0.1, 0.15) is 19.5 Å². The number of sulfonamides is 1. The van der Waals surface area contributed by atoms with Gasteiger partial charge in [-0.05, 0) is 26.0 Å². The number of likely N-dealkylation sites (tertiary alicyclic amines) is 1. The van der Waals surface area contributed by atoms with Crippen LogP contribution in [0, 0.1) is 11.6 Å². The Kier molecular flexibility index (Phi) is 6.47. The van der Waals surface area contributed by atoms with Crippen molar-refractivity contribution < 1.29 is 31.5 Å². The van der Waals surface area contributed by atoms with E-state index in [2.05, 4.69) is 9.71 Å². The topological polar surface area (TPSA) is 99.6 Å². The zero-order valence-electron chi connectivity index (χ0n) is 17.0. The van der Waals surface area contributed by atoms with Crippen LogP contribution in [0.25, 0.3) is 10.6 Å². The lowest BCUT2D eigenvalue weighted by Gasteiger charge is -2.31. The molecule has 0 aliphatic carbocycles. The fraction of sp³-hybridized carbons (Fsp3) is 0.474. The normalized spacial score (nSPS) is 22.2. The Morgan fingerprint density at radius 2 is 1.94 bits per heavy atom. The van der Waals surface area contributed by atoms with Crippen molar-refractivity contribution in [3.8, 4) is 10.6 Å². The molecule has 31 heavy (non-hydrogen) atoms. The summed E-state index contributed by atoms with van der Waals surface area (Å²) in [6, 6.07) is 0.786. The van der Waals surface area contributed by atoms with Crippen molar-refractivity contribution in [1.29, 1.82) is 0 Å². The average Bonchev–Trinajstić information content (AvgIpc) is 3.18. The highest BCUT2D eigenvalue weighted by molar-refractivity contribution is 7.88. The monoisotopic (exact) mass is 477 g/mol. The molecule has 1 aliphatic heterocycles. The molecule has 1 aromatic carbocycles. The first-order valence-electron chi connectivity index (χ1n) is 9.30. The van der Waals surface area contributed by atoms with E-state index < -0.39 is 58.0 Å². The summed E-state index contributed by atoms with van der Waals surface area (Å²) < 4.78 is 67.5. The van der Waals surface area contributed by atoms with Crippen molar-refractivity contribution in [1.82, 2.24) is 14.6 Å². The Hall–Kier alpha value is -2.02. The van der Waals surface area contributed by atoms with Gasteiger partial charge in [-0.1, -0.05) is 0 Å². The summed E-state index contributed by atoms with van der Waals surface area (Å²) in [6.45, 7) is 2.12. The fourth-order valence-corrected chi connectivity index (χ4v) is 5.14. The van der Waals surface area contributed by atoms with Crippen molar-refractivity contribution >= 4 is 27.3 Å². The number of benzene rings is 1. The molecule has 1 aliphatic rings. The molecule has 1 amide bonds. The van der Waals surface area contributed by atoms with Crippen molar-refractivity contribution in [2.75, 3.05) is 12.8 Å². The lowest BCUT2D eigenvalue weighted by Crippen LogP contribution is -2.53. The predicted molar refractivity (Wildman–Crippen MR) is 110 cm³/mol. The van der Waals surface area contributed by atoms with Gasteiger partial charge >= 0.3 is 0 Å². The molecule has 2 aromatic rings. The number of hydrogen-bond donors (Lipinski definition) is 2. The van der Waals surface area contributed by atoms with Gasteiger partial charge in [-0.15, -0.1) is 11.3 Å². The maximum Gasteiger partial charge on any atom is 0.254 e. The first-order valence-corrected chi connectivity index (χ1v) is 12.1. The van der Waals surface area contributed by atoms with Crippen LogP contribution in [0.5, 0.6) is 0 Å². The largest absolute Gasteiger partial charge is 0.381 e. The molecule has 170 valence electrons. The minimum Gasteiger partial charge on any atom is -0.381 e. The maximum absolute atomic E-state index is 14.7. The minimum atomic E-state index is -3.79. The molecular formula is C19H22F3N3O4S2. The van der Waals surface area contributed by atoms with Crippen LogP contribution < -0.4 is 4.72 Å².